The quantitative estimate of drug-likeness (QED) is 0.584. The van der Waals surface area contributed by atoms with Crippen molar-refractivity contribution >= 4 is 29.1 Å². The van der Waals surface area contributed by atoms with Crippen LogP contribution in [0.5, 0.6) is 0 Å². The molecule has 0 unspecified atom stereocenters. The van der Waals surface area contributed by atoms with Gasteiger partial charge in [0.2, 0.25) is 0 Å². The molecular weight excluding hydrogens is 405 g/mol. The number of carbonyl (C=O) groups is 1. The minimum atomic E-state index is -0.103. The van der Waals surface area contributed by atoms with Crippen LogP contribution in [0.4, 0.5) is 0 Å². The number of amides is 1. The fraction of sp³-hybridized carbons (Fsp3) is 0.304. The molecule has 148 valence electrons. The van der Waals surface area contributed by atoms with Gasteiger partial charge in [0.15, 0.2) is 5.69 Å². The fourth-order valence-corrected chi connectivity index (χ4v) is 5.27. The Bertz CT molecular complexity index is 1080. The summed E-state index contributed by atoms with van der Waals surface area (Å²) in [6, 6.07) is 15.6. The van der Waals surface area contributed by atoms with E-state index in [9.17, 15) is 4.79 Å². The van der Waals surface area contributed by atoms with E-state index in [1.54, 1.807) is 6.07 Å². The molecule has 1 heterocycles. The van der Waals surface area contributed by atoms with Gasteiger partial charge in [-0.15, -0.1) is 0 Å². The van der Waals surface area contributed by atoms with Gasteiger partial charge in [0.1, 0.15) is 0 Å². The summed E-state index contributed by atoms with van der Waals surface area (Å²) in [4.78, 5) is 13.0. The number of hydrogen-bond donors (Lipinski definition) is 1. The molecule has 5 rings (SSSR count). The Hall–Kier alpha value is -2.30. The molecule has 0 aliphatic heterocycles. The predicted octanol–water partition coefficient (Wildman–Crippen LogP) is 5.52. The zero-order valence-corrected chi connectivity index (χ0v) is 17.4. The van der Waals surface area contributed by atoms with Gasteiger partial charge in [0.25, 0.3) is 5.91 Å². The Morgan fingerprint density at radius 2 is 1.90 bits per heavy atom. The molecule has 1 aromatic heterocycles. The average molecular weight is 426 g/mol. The number of hydrogen-bond acceptors (Lipinski definition) is 2. The number of aromatic nitrogens is 2. The van der Waals surface area contributed by atoms with Crippen molar-refractivity contribution in [1.29, 1.82) is 0 Å². The molecule has 4 nitrogen and oxygen atoms in total. The number of nitrogens with one attached hydrogen (secondary N) is 1. The van der Waals surface area contributed by atoms with Crippen molar-refractivity contribution in [2.75, 3.05) is 6.54 Å². The Kier molecular flexibility index (Phi) is 4.84. The van der Waals surface area contributed by atoms with Gasteiger partial charge in [0.05, 0.1) is 16.4 Å². The van der Waals surface area contributed by atoms with Gasteiger partial charge in [0, 0.05) is 23.0 Å². The van der Waals surface area contributed by atoms with Crippen molar-refractivity contribution in [1.82, 2.24) is 15.1 Å². The number of halogens is 2. The Morgan fingerprint density at radius 1 is 1.10 bits per heavy atom. The van der Waals surface area contributed by atoms with Crippen LogP contribution in [-0.2, 0) is 6.42 Å². The van der Waals surface area contributed by atoms with E-state index in [1.807, 2.05) is 35.0 Å². The lowest BCUT2D eigenvalue weighted by Crippen LogP contribution is -2.27. The first-order chi connectivity index (χ1) is 14.1. The zero-order valence-electron chi connectivity index (χ0n) is 15.9. The number of fused-ring (bicyclic) bond motifs is 5. The topological polar surface area (TPSA) is 46.9 Å². The average Bonchev–Trinajstić information content (AvgIpc) is 3.42. The van der Waals surface area contributed by atoms with Crippen LogP contribution in [0.3, 0.4) is 0 Å². The second-order valence-corrected chi connectivity index (χ2v) is 8.70. The first-order valence-electron chi connectivity index (χ1n) is 10.0. The first-order valence-corrected chi connectivity index (χ1v) is 10.8. The summed E-state index contributed by atoms with van der Waals surface area (Å²) in [5.41, 5.74) is 4.80. The van der Waals surface area contributed by atoms with Crippen LogP contribution < -0.4 is 5.32 Å². The largest absolute Gasteiger partial charge is 0.350 e. The van der Waals surface area contributed by atoms with Crippen molar-refractivity contribution in [3.8, 4) is 5.69 Å². The third kappa shape index (κ3) is 3.34. The normalized spacial score (nSPS) is 19.4. The van der Waals surface area contributed by atoms with E-state index < -0.39 is 0 Å². The van der Waals surface area contributed by atoms with Crippen LogP contribution in [0.1, 0.15) is 58.4 Å². The minimum Gasteiger partial charge on any atom is -0.350 e. The van der Waals surface area contributed by atoms with E-state index in [-0.39, 0.29) is 5.91 Å². The summed E-state index contributed by atoms with van der Waals surface area (Å²) in [6.07, 6.45) is 4.17. The van der Waals surface area contributed by atoms with Crippen LogP contribution >= 0.6 is 23.2 Å². The maximum Gasteiger partial charge on any atom is 0.272 e. The van der Waals surface area contributed by atoms with Gasteiger partial charge in [-0.05, 0) is 55.4 Å². The molecule has 29 heavy (non-hydrogen) atoms. The van der Waals surface area contributed by atoms with E-state index in [2.05, 4.69) is 17.4 Å². The molecular formula is C23H21Cl2N3O. The molecule has 1 fully saturated rings. The summed E-state index contributed by atoms with van der Waals surface area (Å²) in [5, 5.41) is 8.92. The summed E-state index contributed by atoms with van der Waals surface area (Å²) in [7, 11) is 0. The van der Waals surface area contributed by atoms with E-state index in [1.165, 1.54) is 5.56 Å². The van der Waals surface area contributed by atoms with Crippen LogP contribution in [0, 0.1) is 0 Å². The molecule has 0 spiro atoms. The van der Waals surface area contributed by atoms with E-state index in [0.29, 0.717) is 34.1 Å². The van der Waals surface area contributed by atoms with Crippen LogP contribution in [-0.4, -0.2) is 22.2 Å². The molecule has 0 radical (unpaired) electrons. The molecule has 3 aromatic rings. The van der Waals surface area contributed by atoms with Crippen molar-refractivity contribution in [2.24, 2.45) is 0 Å². The third-order valence-electron chi connectivity index (χ3n) is 6.08. The van der Waals surface area contributed by atoms with Crippen molar-refractivity contribution in [3.05, 3.63) is 81.1 Å². The molecule has 1 amide bonds. The monoisotopic (exact) mass is 425 g/mol. The highest BCUT2D eigenvalue weighted by Gasteiger charge is 2.44. The summed E-state index contributed by atoms with van der Waals surface area (Å²) >= 11 is 12.5. The molecule has 2 bridgehead atoms. The second-order valence-electron chi connectivity index (χ2n) is 7.85. The van der Waals surface area contributed by atoms with Crippen LogP contribution in [0.15, 0.2) is 48.5 Å². The van der Waals surface area contributed by atoms with Gasteiger partial charge in [-0.2, -0.15) is 5.10 Å². The smallest absolute Gasteiger partial charge is 0.272 e. The SMILES string of the molecule is O=C(NCCc1ccccc1)c1nn(-c2ccc(Cl)cc2Cl)c2c1[C@H]1CC[C@H]2C1. The van der Waals surface area contributed by atoms with E-state index in [0.717, 1.165) is 42.6 Å². The van der Waals surface area contributed by atoms with Gasteiger partial charge in [-0.1, -0.05) is 53.5 Å². The highest BCUT2D eigenvalue weighted by atomic mass is 35.5. The van der Waals surface area contributed by atoms with Crippen LogP contribution in [0.25, 0.3) is 5.69 Å². The standard InChI is InChI=1S/C23H21Cl2N3O/c24-17-8-9-19(18(25)13-17)28-22-16-7-6-15(12-16)20(22)21(27-28)23(29)26-11-10-14-4-2-1-3-5-14/h1-5,8-9,13,15-16H,6-7,10-12H2,(H,26,29)/t15-,16-/m0/s1. The highest BCUT2D eigenvalue weighted by Crippen LogP contribution is 2.54. The third-order valence-corrected chi connectivity index (χ3v) is 6.62. The van der Waals surface area contributed by atoms with Crippen molar-refractivity contribution < 1.29 is 4.79 Å². The number of nitrogens with zero attached hydrogens (tertiary/aromatic N) is 2. The van der Waals surface area contributed by atoms with Crippen molar-refractivity contribution in [3.63, 3.8) is 0 Å². The maximum absolute atomic E-state index is 13.0. The van der Waals surface area contributed by atoms with Crippen LogP contribution in [0.2, 0.25) is 10.0 Å². The number of benzene rings is 2. The lowest BCUT2D eigenvalue weighted by molar-refractivity contribution is 0.0947. The number of rotatable bonds is 5. The zero-order chi connectivity index (χ0) is 20.0. The maximum atomic E-state index is 13.0. The summed E-state index contributed by atoms with van der Waals surface area (Å²) in [5.74, 6) is 0.762. The van der Waals surface area contributed by atoms with Gasteiger partial charge < -0.3 is 5.32 Å². The fourth-order valence-electron chi connectivity index (χ4n) is 4.78. The Morgan fingerprint density at radius 3 is 2.69 bits per heavy atom. The van der Waals surface area contributed by atoms with E-state index >= 15 is 0 Å². The predicted molar refractivity (Wildman–Crippen MR) is 115 cm³/mol. The number of carbonyl (C=O) groups excluding carboxylic acids is 1. The molecule has 1 N–H and O–H groups in total. The second kappa shape index (κ2) is 7.51. The molecule has 2 aliphatic carbocycles. The molecule has 0 saturated heterocycles. The molecule has 2 aliphatic rings. The molecule has 2 aromatic carbocycles. The van der Waals surface area contributed by atoms with E-state index in [4.69, 9.17) is 28.3 Å². The molecule has 2 atom stereocenters. The first kappa shape index (κ1) is 18.7. The Balaban J connectivity index is 1.45. The lowest BCUT2D eigenvalue weighted by atomic mass is 9.95. The van der Waals surface area contributed by atoms with Gasteiger partial charge >= 0.3 is 0 Å². The van der Waals surface area contributed by atoms with Gasteiger partial charge in [-0.3, -0.25) is 4.79 Å². The highest BCUT2D eigenvalue weighted by molar-refractivity contribution is 6.35. The lowest BCUT2D eigenvalue weighted by Gasteiger charge is -2.14. The molecule has 6 heteroatoms. The summed E-state index contributed by atoms with van der Waals surface area (Å²) < 4.78 is 1.88. The Labute approximate surface area is 179 Å². The molecule has 1 saturated carbocycles. The van der Waals surface area contributed by atoms with Crippen molar-refractivity contribution in [2.45, 2.75) is 37.5 Å². The van der Waals surface area contributed by atoms with Gasteiger partial charge in [-0.25, -0.2) is 4.68 Å². The summed E-state index contributed by atoms with van der Waals surface area (Å²) in [6.45, 7) is 0.584. The minimum absolute atomic E-state index is 0.103.